The Bertz CT molecular complexity index is 543. The molecule has 1 fully saturated rings. The third-order valence-corrected chi connectivity index (χ3v) is 4.36. The zero-order valence-electron chi connectivity index (χ0n) is 9.11. The van der Waals surface area contributed by atoms with Gasteiger partial charge in [0.25, 0.3) is 10.1 Å². The third-order valence-electron chi connectivity index (χ3n) is 2.41. The zero-order chi connectivity index (χ0) is 12.6. The van der Waals surface area contributed by atoms with Crippen molar-refractivity contribution in [2.45, 2.75) is 25.4 Å². The Balaban J connectivity index is 2.25. The van der Waals surface area contributed by atoms with E-state index in [9.17, 15) is 8.42 Å². The first kappa shape index (κ1) is 13.3. The van der Waals surface area contributed by atoms with Crippen molar-refractivity contribution in [3.63, 3.8) is 0 Å². The van der Waals surface area contributed by atoms with E-state index in [0.717, 1.165) is 24.8 Å². The van der Waals surface area contributed by atoms with Gasteiger partial charge in [0.2, 0.25) is 0 Å². The summed E-state index contributed by atoms with van der Waals surface area (Å²) in [6.07, 6.45) is 3.22. The first-order chi connectivity index (χ1) is 7.87. The first-order valence-corrected chi connectivity index (χ1v) is 8.05. The van der Waals surface area contributed by atoms with Crippen molar-refractivity contribution < 1.29 is 12.6 Å². The summed E-state index contributed by atoms with van der Waals surface area (Å²) < 4.78 is 27.2. The van der Waals surface area contributed by atoms with Gasteiger partial charge in [-0.1, -0.05) is 11.6 Å². The SMILES string of the molecule is CS(=O)(=O)OCc1nc(C2CC2)cc(Cl)c1Br. The van der Waals surface area contributed by atoms with E-state index in [1.807, 2.05) is 6.07 Å². The van der Waals surface area contributed by atoms with Gasteiger partial charge < -0.3 is 0 Å². The summed E-state index contributed by atoms with van der Waals surface area (Å²) in [7, 11) is -3.47. The van der Waals surface area contributed by atoms with Crippen molar-refractivity contribution in [2.24, 2.45) is 0 Å². The summed E-state index contributed by atoms with van der Waals surface area (Å²) in [6, 6.07) is 1.81. The number of hydrogen-bond acceptors (Lipinski definition) is 4. The van der Waals surface area contributed by atoms with E-state index in [1.54, 1.807) is 0 Å². The van der Waals surface area contributed by atoms with Crippen LogP contribution in [0.3, 0.4) is 0 Å². The van der Waals surface area contributed by atoms with E-state index in [-0.39, 0.29) is 6.61 Å². The highest BCUT2D eigenvalue weighted by atomic mass is 79.9. The quantitative estimate of drug-likeness (QED) is 0.791. The molecule has 0 atom stereocenters. The summed E-state index contributed by atoms with van der Waals surface area (Å²) in [5.74, 6) is 0.456. The van der Waals surface area contributed by atoms with Gasteiger partial charge in [-0.15, -0.1) is 0 Å². The molecule has 4 nitrogen and oxygen atoms in total. The Kier molecular flexibility index (Phi) is 3.77. The molecule has 1 aliphatic carbocycles. The molecule has 0 aliphatic heterocycles. The van der Waals surface area contributed by atoms with Gasteiger partial charge in [-0.2, -0.15) is 8.42 Å². The predicted octanol–water partition coefficient (Wildman–Crippen LogP) is 2.85. The number of nitrogens with zero attached hydrogens (tertiary/aromatic N) is 1. The monoisotopic (exact) mass is 339 g/mol. The Hall–Kier alpha value is -0.170. The van der Waals surface area contributed by atoms with Crippen LogP contribution in [0.2, 0.25) is 5.02 Å². The summed E-state index contributed by atoms with van der Waals surface area (Å²) in [6.45, 7) is -0.0975. The van der Waals surface area contributed by atoms with Gasteiger partial charge in [-0.05, 0) is 34.8 Å². The highest BCUT2D eigenvalue weighted by molar-refractivity contribution is 9.10. The standard InChI is InChI=1S/C10H11BrClNO3S/c1-17(14,15)16-5-9-10(11)7(12)4-8(13-9)6-2-3-6/h4,6H,2-3,5H2,1H3. The number of hydrogen-bond donors (Lipinski definition) is 0. The van der Waals surface area contributed by atoms with Crippen molar-refractivity contribution in [1.29, 1.82) is 0 Å². The fourth-order valence-corrected chi connectivity index (χ4v) is 2.28. The Morgan fingerprint density at radius 3 is 2.76 bits per heavy atom. The molecular formula is C10H11BrClNO3S. The number of aromatic nitrogens is 1. The molecule has 1 saturated carbocycles. The summed E-state index contributed by atoms with van der Waals surface area (Å²) in [4.78, 5) is 4.38. The highest BCUT2D eigenvalue weighted by Crippen LogP contribution is 2.41. The van der Waals surface area contributed by atoms with E-state index in [2.05, 4.69) is 20.9 Å². The molecule has 0 aromatic carbocycles. The van der Waals surface area contributed by atoms with Gasteiger partial charge >= 0.3 is 0 Å². The molecule has 17 heavy (non-hydrogen) atoms. The van der Waals surface area contributed by atoms with E-state index in [1.165, 1.54) is 0 Å². The van der Waals surface area contributed by atoms with Gasteiger partial charge in [-0.3, -0.25) is 9.17 Å². The molecule has 0 radical (unpaired) electrons. The van der Waals surface area contributed by atoms with Crippen LogP contribution < -0.4 is 0 Å². The number of pyridine rings is 1. The second-order valence-corrected chi connectivity index (χ2v) is 6.87. The minimum atomic E-state index is -3.47. The molecule has 1 aromatic rings. The van der Waals surface area contributed by atoms with Crippen LogP contribution in [0.4, 0.5) is 0 Å². The van der Waals surface area contributed by atoms with E-state index >= 15 is 0 Å². The molecule has 0 N–H and O–H groups in total. The second kappa shape index (κ2) is 4.84. The van der Waals surface area contributed by atoms with Crippen LogP contribution in [0.5, 0.6) is 0 Å². The predicted molar refractivity (Wildman–Crippen MR) is 68.6 cm³/mol. The van der Waals surface area contributed by atoms with Crippen LogP contribution in [0.1, 0.15) is 30.1 Å². The largest absolute Gasteiger partial charge is 0.264 e. The van der Waals surface area contributed by atoms with Crippen molar-refractivity contribution in [3.8, 4) is 0 Å². The number of halogens is 2. The summed E-state index contributed by atoms with van der Waals surface area (Å²) in [5.41, 5.74) is 1.43. The molecule has 0 spiro atoms. The van der Waals surface area contributed by atoms with Crippen LogP contribution >= 0.6 is 27.5 Å². The lowest BCUT2D eigenvalue weighted by atomic mass is 10.2. The highest BCUT2D eigenvalue weighted by Gasteiger charge is 2.26. The fourth-order valence-electron chi connectivity index (χ4n) is 1.41. The maximum atomic E-state index is 10.9. The third kappa shape index (κ3) is 3.64. The normalized spacial score (nSPS) is 16.2. The Morgan fingerprint density at radius 2 is 2.24 bits per heavy atom. The molecule has 0 amide bonds. The molecular weight excluding hydrogens is 330 g/mol. The molecule has 0 unspecified atom stereocenters. The lowest BCUT2D eigenvalue weighted by molar-refractivity contribution is 0.306. The first-order valence-electron chi connectivity index (χ1n) is 5.06. The smallest absolute Gasteiger partial charge is 0.264 e. The van der Waals surface area contributed by atoms with Gasteiger partial charge in [0.15, 0.2) is 0 Å². The summed E-state index contributed by atoms with van der Waals surface area (Å²) in [5, 5.41) is 0.536. The minimum Gasteiger partial charge on any atom is -0.264 e. The van der Waals surface area contributed by atoms with Gasteiger partial charge in [-0.25, -0.2) is 0 Å². The maximum Gasteiger partial charge on any atom is 0.264 e. The Morgan fingerprint density at radius 1 is 1.59 bits per heavy atom. The van der Waals surface area contributed by atoms with Gasteiger partial charge in [0.05, 0.1) is 21.4 Å². The van der Waals surface area contributed by atoms with Crippen LogP contribution in [0, 0.1) is 0 Å². The van der Waals surface area contributed by atoms with Crippen molar-refractivity contribution >= 4 is 37.6 Å². The van der Waals surface area contributed by atoms with Crippen molar-refractivity contribution in [1.82, 2.24) is 4.98 Å². The lowest BCUT2D eigenvalue weighted by Crippen LogP contribution is -2.06. The van der Waals surface area contributed by atoms with E-state index < -0.39 is 10.1 Å². The molecule has 1 aromatic heterocycles. The van der Waals surface area contributed by atoms with E-state index in [4.69, 9.17) is 15.8 Å². The zero-order valence-corrected chi connectivity index (χ0v) is 12.3. The average Bonchev–Trinajstić information content (AvgIpc) is 3.02. The van der Waals surface area contributed by atoms with Crippen LogP contribution in [0.15, 0.2) is 10.5 Å². The maximum absolute atomic E-state index is 10.9. The van der Waals surface area contributed by atoms with Crippen molar-refractivity contribution in [2.75, 3.05) is 6.26 Å². The lowest BCUT2D eigenvalue weighted by Gasteiger charge is -2.08. The van der Waals surface area contributed by atoms with Crippen molar-refractivity contribution in [3.05, 3.63) is 26.9 Å². The molecule has 2 rings (SSSR count). The minimum absolute atomic E-state index is 0.0975. The molecule has 0 saturated heterocycles. The van der Waals surface area contributed by atoms with Crippen LogP contribution in [-0.4, -0.2) is 19.7 Å². The van der Waals surface area contributed by atoms with Crippen LogP contribution in [-0.2, 0) is 20.9 Å². The van der Waals surface area contributed by atoms with Gasteiger partial charge in [0, 0.05) is 11.6 Å². The average molecular weight is 341 g/mol. The second-order valence-electron chi connectivity index (χ2n) is 4.03. The van der Waals surface area contributed by atoms with Crippen LogP contribution in [0.25, 0.3) is 0 Å². The molecule has 1 heterocycles. The topological polar surface area (TPSA) is 56.3 Å². The molecule has 7 heteroatoms. The Labute approximate surface area is 114 Å². The molecule has 1 aliphatic rings. The van der Waals surface area contributed by atoms with E-state index in [0.29, 0.717) is 21.1 Å². The number of rotatable bonds is 4. The molecule has 0 bridgehead atoms. The summed E-state index contributed by atoms with van der Waals surface area (Å²) >= 11 is 9.33. The fraction of sp³-hybridized carbons (Fsp3) is 0.500. The van der Waals surface area contributed by atoms with Gasteiger partial charge in [0.1, 0.15) is 6.61 Å². The molecule has 94 valence electrons.